The van der Waals surface area contributed by atoms with E-state index in [1.54, 1.807) is 0 Å². The molecular weight excluding hydrogens is 378 g/mol. The maximum Gasteiger partial charge on any atom is 0.275 e. The minimum absolute atomic E-state index is 0.372. The van der Waals surface area contributed by atoms with E-state index in [4.69, 9.17) is 0 Å². The molecule has 0 bridgehead atoms. The van der Waals surface area contributed by atoms with Gasteiger partial charge in [0.25, 0.3) is 11.3 Å². The average molecular weight is 397 g/mol. The maximum atomic E-state index is 12.2. The van der Waals surface area contributed by atoms with Crippen molar-refractivity contribution in [2.45, 2.75) is 0 Å². The first-order chi connectivity index (χ1) is 14.6. The molecule has 0 saturated carbocycles. The zero-order valence-corrected chi connectivity index (χ0v) is 16.2. The van der Waals surface area contributed by atoms with Crippen LogP contribution in [0.15, 0.2) is 89.9 Å². The van der Waals surface area contributed by atoms with Gasteiger partial charge in [0.15, 0.2) is 11.4 Å². The summed E-state index contributed by atoms with van der Waals surface area (Å²) in [6.07, 6.45) is 1.22. The van der Waals surface area contributed by atoms with Crippen LogP contribution < -0.4 is 10.7 Å². The smallest absolute Gasteiger partial charge is 0.275 e. The monoisotopic (exact) mass is 397 g/mol. The standard InChI is InChI=1S/C24H19N3O3/c1-25-24(30)22-23(29)21(28)15-27(26-22)20-14-8-7-13-19(20)18-12-6-5-11-17(18)16-9-3-2-4-10-16/h2-15,28H,1H3,(H,25,30). The van der Waals surface area contributed by atoms with Crippen LogP contribution in [0.5, 0.6) is 5.75 Å². The molecule has 0 aliphatic carbocycles. The van der Waals surface area contributed by atoms with E-state index < -0.39 is 17.1 Å². The first-order valence-corrected chi connectivity index (χ1v) is 9.39. The molecule has 4 rings (SSSR count). The van der Waals surface area contributed by atoms with E-state index in [9.17, 15) is 14.7 Å². The van der Waals surface area contributed by atoms with Gasteiger partial charge in [-0.2, -0.15) is 5.10 Å². The molecule has 2 N–H and O–H groups in total. The zero-order valence-electron chi connectivity index (χ0n) is 16.2. The van der Waals surface area contributed by atoms with Gasteiger partial charge in [0.2, 0.25) is 0 Å². The fourth-order valence-corrected chi connectivity index (χ4v) is 3.36. The highest BCUT2D eigenvalue weighted by molar-refractivity contribution is 5.92. The predicted molar refractivity (Wildman–Crippen MR) is 116 cm³/mol. The molecule has 0 aliphatic rings. The third-order valence-corrected chi connectivity index (χ3v) is 4.80. The van der Waals surface area contributed by atoms with Gasteiger partial charge in [-0.1, -0.05) is 72.8 Å². The van der Waals surface area contributed by atoms with Gasteiger partial charge in [-0.15, -0.1) is 0 Å². The number of amides is 1. The van der Waals surface area contributed by atoms with E-state index >= 15 is 0 Å². The molecule has 1 amide bonds. The van der Waals surface area contributed by atoms with Gasteiger partial charge >= 0.3 is 0 Å². The molecule has 148 valence electrons. The highest BCUT2D eigenvalue weighted by Gasteiger charge is 2.18. The van der Waals surface area contributed by atoms with Crippen molar-refractivity contribution in [3.05, 3.63) is 101 Å². The van der Waals surface area contributed by atoms with E-state index in [0.29, 0.717) is 5.69 Å². The molecule has 1 aromatic heterocycles. The summed E-state index contributed by atoms with van der Waals surface area (Å²) in [5.41, 5.74) is 3.33. The summed E-state index contributed by atoms with van der Waals surface area (Å²) in [5, 5.41) is 16.7. The lowest BCUT2D eigenvalue weighted by Crippen LogP contribution is -2.29. The molecular formula is C24H19N3O3. The van der Waals surface area contributed by atoms with Gasteiger partial charge in [-0.3, -0.25) is 9.59 Å². The van der Waals surface area contributed by atoms with Crippen LogP contribution in [0.1, 0.15) is 10.5 Å². The van der Waals surface area contributed by atoms with Gasteiger partial charge in [0.05, 0.1) is 11.9 Å². The third-order valence-electron chi connectivity index (χ3n) is 4.80. The number of benzene rings is 3. The lowest BCUT2D eigenvalue weighted by Gasteiger charge is -2.16. The molecule has 1 heterocycles. The van der Waals surface area contributed by atoms with E-state index in [0.717, 1.165) is 22.3 Å². The molecule has 0 fully saturated rings. The molecule has 0 saturated heterocycles. The van der Waals surface area contributed by atoms with E-state index in [1.165, 1.54) is 17.9 Å². The summed E-state index contributed by atoms with van der Waals surface area (Å²) in [7, 11) is 1.40. The normalized spacial score (nSPS) is 10.6. The Labute approximate surface area is 173 Å². The molecule has 0 aliphatic heterocycles. The Hall–Kier alpha value is -4.19. The summed E-state index contributed by atoms with van der Waals surface area (Å²) < 4.78 is 1.36. The van der Waals surface area contributed by atoms with Crippen molar-refractivity contribution in [2.24, 2.45) is 0 Å². The number of carbonyl (C=O) groups is 1. The van der Waals surface area contributed by atoms with E-state index in [1.807, 2.05) is 78.9 Å². The van der Waals surface area contributed by atoms with Gasteiger partial charge in [-0.05, 0) is 22.8 Å². The number of hydrogen-bond donors (Lipinski definition) is 2. The van der Waals surface area contributed by atoms with Crippen molar-refractivity contribution in [1.29, 1.82) is 0 Å². The van der Waals surface area contributed by atoms with Crippen LogP contribution in [-0.4, -0.2) is 27.8 Å². The number of hydrogen-bond acceptors (Lipinski definition) is 4. The molecule has 0 spiro atoms. The lowest BCUT2D eigenvalue weighted by atomic mass is 9.93. The fourth-order valence-electron chi connectivity index (χ4n) is 3.36. The van der Waals surface area contributed by atoms with Crippen molar-refractivity contribution in [2.75, 3.05) is 7.05 Å². The largest absolute Gasteiger partial charge is 0.503 e. The van der Waals surface area contributed by atoms with Gasteiger partial charge < -0.3 is 10.4 Å². The lowest BCUT2D eigenvalue weighted by molar-refractivity contribution is 0.0954. The van der Waals surface area contributed by atoms with Crippen LogP contribution in [0.25, 0.3) is 27.9 Å². The Morgan fingerprint density at radius 2 is 1.47 bits per heavy atom. The molecule has 6 heteroatoms. The minimum atomic E-state index is -0.812. The van der Waals surface area contributed by atoms with Crippen molar-refractivity contribution < 1.29 is 9.90 Å². The molecule has 0 radical (unpaired) electrons. The quantitative estimate of drug-likeness (QED) is 0.551. The summed E-state index contributed by atoms with van der Waals surface area (Å²) in [4.78, 5) is 24.2. The summed E-state index contributed by atoms with van der Waals surface area (Å²) in [6.45, 7) is 0. The molecule has 6 nitrogen and oxygen atoms in total. The number of para-hydroxylation sites is 1. The van der Waals surface area contributed by atoms with Crippen LogP contribution in [-0.2, 0) is 0 Å². The first-order valence-electron chi connectivity index (χ1n) is 9.39. The Bertz CT molecular complexity index is 1280. The number of aromatic nitrogens is 2. The Balaban J connectivity index is 1.95. The Kier molecular flexibility index (Phi) is 5.13. The van der Waals surface area contributed by atoms with E-state index in [-0.39, 0.29) is 5.69 Å². The van der Waals surface area contributed by atoms with Crippen molar-refractivity contribution in [3.8, 4) is 33.7 Å². The highest BCUT2D eigenvalue weighted by atomic mass is 16.3. The number of aromatic hydroxyl groups is 1. The summed E-state index contributed by atoms with van der Waals surface area (Å²) >= 11 is 0. The second kappa shape index (κ2) is 8.05. The third kappa shape index (κ3) is 3.46. The topological polar surface area (TPSA) is 84.2 Å². The van der Waals surface area contributed by atoms with Crippen molar-refractivity contribution in [3.63, 3.8) is 0 Å². The number of rotatable bonds is 4. The van der Waals surface area contributed by atoms with Gasteiger partial charge in [-0.25, -0.2) is 4.68 Å². The Morgan fingerprint density at radius 1 is 0.867 bits per heavy atom. The summed E-state index contributed by atoms with van der Waals surface area (Å²) in [6, 6.07) is 25.5. The van der Waals surface area contributed by atoms with E-state index in [2.05, 4.69) is 10.4 Å². The predicted octanol–water partition coefficient (Wildman–Crippen LogP) is 3.63. The van der Waals surface area contributed by atoms with Crippen LogP contribution in [0, 0.1) is 0 Å². The molecule has 4 aromatic rings. The van der Waals surface area contributed by atoms with Crippen molar-refractivity contribution >= 4 is 5.91 Å². The maximum absolute atomic E-state index is 12.2. The van der Waals surface area contributed by atoms with Crippen molar-refractivity contribution in [1.82, 2.24) is 15.1 Å². The summed E-state index contributed by atoms with van der Waals surface area (Å²) in [5.74, 6) is -1.21. The molecule has 30 heavy (non-hydrogen) atoms. The molecule has 0 unspecified atom stereocenters. The van der Waals surface area contributed by atoms with Crippen LogP contribution in [0.4, 0.5) is 0 Å². The number of carbonyl (C=O) groups excluding carboxylic acids is 1. The second-order valence-electron chi connectivity index (χ2n) is 6.64. The number of nitrogens with zero attached hydrogens (tertiary/aromatic N) is 2. The minimum Gasteiger partial charge on any atom is -0.503 e. The van der Waals surface area contributed by atoms with Crippen LogP contribution in [0.2, 0.25) is 0 Å². The zero-order chi connectivity index (χ0) is 21.1. The molecule has 0 atom stereocenters. The number of nitrogens with one attached hydrogen (secondary N) is 1. The molecule has 3 aromatic carbocycles. The van der Waals surface area contributed by atoms with Gasteiger partial charge in [0, 0.05) is 12.6 Å². The first kappa shape index (κ1) is 19.1. The highest BCUT2D eigenvalue weighted by Crippen LogP contribution is 2.35. The van der Waals surface area contributed by atoms with Crippen LogP contribution >= 0.6 is 0 Å². The Morgan fingerprint density at radius 3 is 2.17 bits per heavy atom. The SMILES string of the molecule is CNC(=O)c1nn(-c2ccccc2-c2ccccc2-c2ccccc2)cc(O)c1=O. The van der Waals surface area contributed by atoms with Gasteiger partial charge in [0.1, 0.15) is 0 Å². The average Bonchev–Trinajstić information content (AvgIpc) is 2.81. The van der Waals surface area contributed by atoms with Crippen LogP contribution in [0.3, 0.4) is 0 Å². The fraction of sp³-hybridized carbons (Fsp3) is 0.0417. The second-order valence-corrected chi connectivity index (χ2v) is 6.64.